The largest absolute Gasteiger partial charge is 0.390 e. The molecule has 0 aliphatic rings. The summed E-state index contributed by atoms with van der Waals surface area (Å²) in [4.78, 5) is 23.4. The van der Waals surface area contributed by atoms with Crippen LogP contribution in [-0.2, 0) is 6.54 Å². The molecular weight excluding hydrogens is 316 g/mol. The number of H-pyrrole nitrogens is 1. The number of nitrogens with two attached hydrogens (primary N) is 1. The van der Waals surface area contributed by atoms with E-state index in [-0.39, 0.29) is 5.69 Å². The summed E-state index contributed by atoms with van der Waals surface area (Å²) in [5, 5.41) is 4.28. The van der Waals surface area contributed by atoms with E-state index in [9.17, 15) is 4.79 Å². The summed E-state index contributed by atoms with van der Waals surface area (Å²) >= 11 is 0. The molecule has 4 N–H and O–H groups in total. The third-order valence-corrected chi connectivity index (χ3v) is 3.93. The van der Waals surface area contributed by atoms with Crippen LogP contribution in [-0.4, -0.2) is 34.0 Å². The van der Waals surface area contributed by atoms with Crippen LogP contribution in [0.2, 0.25) is 0 Å². The lowest BCUT2D eigenvalue weighted by atomic mass is 10.2. The van der Waals surface area contributed by atoms with Crippen LogP contribution in [0.3, 0.4) is 0 Å². The molecule has 0 aliphatic heterocycles. The molecule has 0 spiro atoms. The highest BCUT2D eigenvalue weighted by Gasteiger charge is 2.06. The third-order valence-electron chi connectivity index (χ3n) is 3.93. The van der Waals surface area contributed by atoms with E-state index in [1.807, 2.05) is 43.5 Å². The fourth-order valence-corrected chi connectivity index (χ4v) is 2.69. The van der Waals surface area contributed by atoms with Gasteiger partial charge in [-0.15, -0.1) is 0 Å². The van der Waals surface area contributed by atoms with Gasteiger partial charge in [-0.3, -0.25) is 9.56 Å². The number of aromatic nitrogens is 3. The topological polar surface area (TPSA) is 101 Å². The molecule has 0 aliphatic carbocycles. The van der Waals surface area contributed by atoms with Crippen molar-refractivity contribution in [3.8, 4) is 5.69 Å². The van der Waals surface area contributed by atoms with E-state index in [1.165, 1.54) is 6.34 Å². The SMILES string of the molecule is Cc1cc2cn(-c3ccc(CNCCCN=CN)cc3)c(=O)nc2[nH]1. The molecule has 0 radical (unpaired) electrons. The summed E-state index contributed by atoms with van der Waals surface area (Å²) in [6.45, 7) is 4.34. The Labute approximate surface area is 145 Å². The molecular formula is C18H22N6O. The molecule has 0 fully saturated rings. The van der Waals surface area contributed by atoms with Gasteiger partial charge in [0.2, 0.25) is 0 Å². The van der Waals surface area contributed by atoms with Crippen LogP contribution in [0.25, 0.3) is 16.7 Å². The van der Waals surface area contributed by atoms with Gasteiger partial charge in [0.05, 0.1) is 12.0 Å². The van der Waals surface area contributed by atoms with Gasteiger partial charge in [0.15, 0.2) is 0 Å². The fourth-order valence-electron chi connectivity index (χ4n) is 2.69. The van der Waals surface area contributed by atoms with Crippen molar-refractivity contribution < 1.29 is 0 Å². The molecule has 130 valence electrons. The first-order valence-corrected chi connectivity index (χ1v) is 8.26. The number of aliphatic imine (C=N–C) groups is 1. The van der Waals surface area contributed by atoms with Crippen LogP contribution in [0.15, 0.2) is 46.3 Å². The highest BCUT2D eigenvalue weighted by molar-refractivity contribution is 5.75. The molecule has 0 saturated heterocycles. The van der Waals surface area contributed by atoms with Gasteiger partial charge in [-0.25, -0.2) is 4.79 Å². The number of hydrogen-bond donors (Lipinski definition) is 3. The molecule has 0 unspecified atom stereocenters. The zero-order valence-corrected chi connectivity index (χ0v) is 14.2. The van der Waals surface area contributed by atoms with Gasteiger partial charge >= 0.3 is 5.69 Å². The van der Waals surface area contributed by atoms with Crippen molar-refractivity contribution in [1.29, 1.82) is 0 Å². The lowest BCUT2D eigenvalue weighted by molar-refractivity contribution is 0.656. The summed E-state index contributed by atoms with van der Waals surface area (Å²) in [7, 11) is 0. The standard InChI is InChI=1S/C18H22N6O/c1-13-9-15-11-24(18(25)23-17(15)22-13)16-5-3-14(4-6-16)10-20-7-2-8-21-12-19/h3-6,9,11-12,20H,2,7-8,10H2,1H3,(H2,19,21)(H,22,23,25). The van der Waals surface area contributed by atoms with Gasteiger partial charge in [-0.1, -0.05) is 12.1 Å². The predicted octanol–water partition coefficient (Wildman–Crippen LogP) is 1.49. The lowest BCUT2D eigenvalue weighted by Gasteiger charge is -2.07. The van der Waals surface area contributed by atoms with Crippen molar-refractivity contribution in [2.24, 2.45) is 10.7 Å². The van der Waals surface area contributed by atoms with Crippen molar-refractivity contribution >= 4 is 17.4 Å². The Morgan fingerprint density at radius 2 is 2.16 bits per heavy atom. The van der Waals surface area contributed by atoms with E-state index >= 15 is 0 Å². The van der Waals surface area contributed by atoms with Gasteiger partial charge in [0.1, 0.15) is 5.65 Å². The molecule has 3 aromatic rings. The molecule has 0 saturated carbocycles. The Morgan fingerprint density at radius 1 is 1.36 bits per heavy atom. The Balaban J connectivity index is 1.68. The van der Waals surface area contributed by atoms with Crippen molar-refractivity contribution in [3.05, 3.63) is 58.3 Å². The molecule has 2 heterocycles. The van der Waals surface area contributed by atoms with Crippen LogP contribution >= 0.6 is 0 Å². The molecule has 0 bridgehead atoms. The van der Waals surface area contributed by atoms with E-state index in [0.29, 0.717) is 5.65 Å². The quantitative estimate of drug-likeness (QED) is 0.345. The monoisotopic (exact) mass is 338 g/mol. The molecule has 7 heteroatoms. The minimum Gasteiger partial charge on any atom is -0.390 e. The predicted molar refractivity (Wildman–Crippen MR) is 100 cm³/mol. The molecule has 0 atom stereocenters. The maximum Gasteiger partial charge on any atom is 0.354 e. The highest BCUT2D eigenvalue weighted by Crippen LogP contribution is 2.13. The van der Waals surface area contributed by atoms with Crippen molar-refractivity contribution in [3.63, 3.8) is 0 Å². The summed E-state index contributed by atoms with van der Waals surface area (Å²) in [5.41, 5.74) is 8.48. The first-order valence-electron chi connectivity index (χ1n) is 8.26. The highest BCUT2D eigenvalue weighted by atomic mass is 16.1. The second-order valence-corrected chi connectivity index (χ2v) is 5.90. The number of rotatable bonds is 7. The van der Waals surface area contributed by atoms with E-state index in [4.69, 9.17) is 5.73 Å². The summed E-state index contributed by atoms with van der Waals surface area (Å²) < 4.78 is 1.57. The van der Waals surface area contributed by atoms with Gasteiger partial charge in [-0.2, -0.15) is 4.98 Å². The molecule has 7 nitrogen and oxygen atoms in total. The number of benzene rings is 1. The maximum atomic E-state index is 12.2. The Morgan fingerprint density at radius 3 is 2.92 bits per heavy atom. The van der Waals surface area contributed by atoms with Gasteiger partial charge in [0, 0.05) is 30.4 Å². The average Bonchev–Trinajstić information content (AvgIpc) is 2.97. The minimum absolute atomic E-state index is 0.291. The summed E-state index contributed by atoms with van der Waals surface area (Å²) in [5.74, 6) is 0. The molecule has 0 amide bonds. The van der Waals surface area contributed by atoms with E-state index in [0.717, 1.165) is 48.4 Å². The molecule has 25 heavy (non-hydrogen) atoms. The lowest BCUT2D eigenvalue weighted by Crippen LogP contribution is -2.20. The molecule has 1 aromatic carbocycles. The maximum absolute atomic E-state index is 12.2. The van der Waals surface area contributed by atoms with Crippen LogP contribution in [0.1, 0.15) is 17.7 Å². The van der Waals surface area contributed by atoms with Crippen LogP contribution in [0, 0.1) is 6.92 Å². The van der Waals surface area contributed by atoms with Crippen molar-refractivity contribution in [1.82, 2.24) is 19.9 Å². The summed E-state index contributed by atoms with van der Waals surface area (Å²) in [6.07, 6.45) is 4.10. The second-order valence-electron chi connectivity index (χ2n) is 5.90. The number of fused-ring (bicyclic) bond motifs is 1. The molecule has 3 rings (SSSR count). The van der Waals surface area contributed by atoms with Crippen LogP contribution < -0.4 is 16.7 Å². The minimum atomic E-state index is -0.291. The first kappa shape index (κ1) is 16.9. The number of aromatic amines is 1. The van der Waals surface area contributed by atoms with E-state index in [1.54, 1.807) is 4.57 Å². The van der Waals surface area contributed by atoms with Crippen LogP contribution in [0.5, 0.6) is 0 Å². The zero-order valence-electron chi connectivity index (χ0n) is 14.2. The van der Waals surface area contributed by atoms with Crippen molar-refractivity contribution in [2.45, 2.75) is 19.9 Å². The van der Waals surface area contributed by atoms with E-state index < -0.39 is 0 Å². The Bertz CT molecular complexity index is 923. The van der Waals surface area contributed by atoms with Gasteiger partial charge in [-0.05, 0) is 43.7 Å². The average molecular weight is 338 g/mol. The summed E-state index contributed by atoms with van der Waals surface area (Å²) in [6, 6.07) is 9.87. The van der Waals surface area contributed by atoms with Gasteiger partial charge in [0.25, 0.3) is 0 Å². The number of hydrogen-bond acceptors (Lipinski definition) is 4. The fraction of sp³-hybridized carbons (Fsp3) is 0.278. The smallest absolute Gasteiger partial charge is 0.354 e. The number of aryl methyl sites for hydroxylation is 1. The van der Waals surface area contributed by atoms with E-state index in [2.05, 4.69) is 20.3 Å². The van der Waals surface area contributed by atoms with Gasteiger partial charge < -0.3 is 16.0 Å². The zero-order chi connectivity index (χ0) is 17.6. The Hall–Kier alpha value is -2.93. The number of nitrogens with zero attached hydrogens (tertiary/aromatic N) is 3. The normalized spacial score (nSPS) is 11.6. The Kier molecular flexibility index (Phi) is 5.25. The van der Waals surface area contributed by atoms with Crippen molar-refractivity contribution in [2.75, 3.05) is 13.1 Å². The molecule has 2 aromatic heterocycles. The second kappa shape index (κ2) is 7.76. The van der Waals surface area contributed by atoms with Crippen LogP contribution in [0.4, 0.5) is 0 Å². The first-order chi connectivity index (χ1) is 12.2. The number of nitrogens with one attached hydrogen (secondary N) is 2. The third kappa shape index (κ3) is 4.13.